The van der Waals surface area contributed by atoms with Crippen LogP contribution in [0.5, 0.6) is 0 Å². The van der Waals surface area contributed by atoms with E-state index in [0.29, 0.717) is 11.3 Å². The maximum absolute atomic E-state index is 11.5. The summed E-state index contributed by atoms with van der Waals surface area (Å²) in [4.78, 5) is 14.8. The van der Waals surface area contributed by atoms with Crippen molar-refractivity contribution in [3.8, 4) is 0 Å². The fourth-order valence-electron chi connectivity index (χ4n) is 1.79. The zero-order valence-corrected chi connectivity index (χ0v) is 9.67. The lowest BCUT2D eigenvalue weighted by Gasteiger charge is -2.48. The van der Waals surface area contributed by atoms with Crippen molar-refractivity contribution in [2.45, 2.75) is 19.2 Å². The molecule has 0 aromatic carbocycles. The van der Waals surface area contributed by atoms with Gasteiger partial charge in [-0.25, -0.2) is 0 Å². The molecule has 0 bridgehead atoms. The summed E-state index contributed by atoms with van der Waals surface area (Å²) >= 11 is 3.65. The number of carbonyl (C=O) groups excluding carboxylic acids is 1. The van der Waals surface area contributed by atoms with Crippen molar-refractivity contribution in [2.24, 2.45) is 5.92 Å². The molecule has 1 saturated heterocycles. The Morgan fingerprint density at radius 3 is 2.92 bits per heavy atom. The summed E-state index contributed by atoms with van der Waals surface area (Å²) in [5.74, 6) is 1.59. The van der Waals surface area contributed by atoms with Gasteiger partial charge in [-0.3, -0.25) is 4.79 Å². The lowest BCUT2D eigenvalue weighted by molar-refractivity contribution is -0.145. The summed E-state index contributed by atoms with van der Waals surface area (Å²) in [5.41, 5.74) is 1.18. The van der Waals surface area contributed by atoms with E-state index in [1.807, 2.05) is 23.6 Å². The molecular weight excluding hydrogens is 202 g/mol. The second-order valence-corrected chi connectivity index (χ2v) is 5.42. The van der Waals surface area contributed by atoms with Crippen LogP contribution in [0.3, 0.4) is 0 Å². The van der Waals surface area contributed by atoms with Gasteiger partial charge in [0, 0.05) is 16.4 Å². The van der Waals surface area contributed by atoms with Gasteiger partial charge in [-0.1, -0.05) is 6.92 Å². The minimum Gasteiger partial charge on any atom is -0.302 e. The van der Waals surface area contributed by atoms with Gasteiger partial charge in [0.15, 0.2) is 0 Å². The lowest BCUT2D eigenvalue weighted by atomic mass is 10.00. The van der Waals surface area contributed by atoms with Gasteiger partial charge >= 0.3 is 0 Å². The Labute approximate surface area is 87.1 Å². The quantitative estimate of drug-likeness (QED) is 0.625. The first-order chi connectivity index (χ1) is 6.16. The Morgan fingerprint density at radius 2 is 2.31 bits per heavy atom. The van der Waals surface area contributed by atoms with Crippen LogP contribution in [0.25, 0.3) is 0 Å². The first kappa shape index (κ1) is 9.46. The number of nitrogens with zero attached hydrogens (tertiary/aromatic N) is 1. The van der Waals surface area contributed by atoms with E-state index < -0.39 is 0 Å². The van der Waals surface area contributed by atoms with Gasteiger partial charge in [0.25, 0.3) is 0 Å². The molecule has 0 aromatic heterocycles. The van der Waals surface area contributed by atoms with Crippen molar-refractivity contribution in [2.75, 3.05) is 12.0 Å². The first-order valence-corrected chi connectivity index (χ1v) is 6.62. The second kappa shape index (κ2) is 3.24. The smallest absolute Gasteiger partial charge is 0.233 e. The second-order valence-electron chi connectivity index (χ2n) is 3.41. The van der Waals surface area contributed by atoms with Crippen LogP contribution in [0.4, 0.5) is 0 Å². The molecule has 1 amide bonds. The van der Waals surface area contributed by atoms with Crippen LogP contribution in [0, 0.1) is 5.92 Å². The number of fused-ring (bicyclic) bond motifs is 1. The van der Waals surface area contributed by atoms with Gasteiger partial charge in [0.2, 0.25) is 5.91 Å². The fraction of sp³-hybridized carbons (Fsp3) is 0.667. The Kier molecular flexibility index (Phi) is 2.36. The van der Waals surface area contributed by atoms with Crippen LogP contribution in [0.1, 0.15) is 13.8 Å². The van der Waals surface area contributed by atoms with E-state index in [2.05, 4.69) is 13.2 Å². The standard InChI is InChI=1S/C9H13NOS2/c1-5-8(11)10-6(2)7(12-3)4-13-9(5)10/h5,9H,4H2,1-3H3. The van der Waals surface area contributed by atoms with E-state index in [9.17, 15) is 4.79 Å². The summed E-state index contributed by atoms with van der Waals surface area (Å²) in [7, 11) is 0. The molecule has 2 atom stereocenters. The molecule has 2 heterocycles. The van der Waals surface area contributed by atoms with Gasteiger partial charge in [0.05, 0.1) is 11.3 Å². The Bertz CT molecular complexity index is 287. The molecule has 0 radical (unpaired) electrons. The highest BCUT2D eigenvalue weighted by Crippen LogP contribution is 2.44. The average molecular weight is 215 g/mol. The Morgan fingerprint density at radius 1 is 1.62 bits per heavy atom. The van der Waals surface area contributed by atoms with E-state index in [1.165, 1.54) is 10.6 Å². The predicted octanol–water partition coefficient (Wildman–Crippen LogP) is 2.13. The van der Waals surface area contributed by atoms with Gasteiger partial charge in [-0.2, -0.15) is 0 Å². The molecule has 2 unspecified atom stereocenters. The topological polar surface area (TPSA) is 20.3 Å². The van der Waals surface area contributed by atoms with Crippen LogP contribution in [0.2, 0.25) is 0 Å². The van der Waals surface area contributed by atoms with Crippen LogP contribution in [-0.2, 0) is 4.79 Å². The van der Waals surface area contributed by atoms with Gasteiger partial charge in [-0.05, 0) is 13.2 Å². The maximum atomic E-state index is 11.5. The van der Waals surface area contributed by atoms with Crippen LogP contribution in [-0.4, -0.2) is 28.2 Å². The highest BCUT2D eigenvalue weighted by molar-refractivity contribution is 8.05. The molecule has 2 rings (SSSR count). The molecule has 13 heavy (non-hydrogen) atoms. The zero-order chi connectivity index (χ0) is 9.59. The summed E-state index contributed by atoms with van der Waals surface area (Å²) in [5, 5.41) is 0.420. The third-order valence-corrected chi connectivity index (χ3v) is 5.24. The molecule has 0 aromatic rings. The molecular formula is C9H13NOS2. The number of thioether (sulfide) groups is 2. The lowest BCUT2D eigenvalue weighted by Crippen LogP contribution is -2.58. The summed E-state index contributed by atoms with van der Waals surface area (Å²) in [6.07, 6.45) is 2.08. The molecule has 0 N–H and O–H groups in total. The minimum atomic E-state index is 0.225. The Hall–Kier alpha value is -0.0900. The van der Waals surface area contributed by atoms with Crippen LogP contribution >= 0.6 is 23.5 Å². The van der Waals surface area contributed by atoms with Crippen molar-refractivity contribution in [3.05, 3.63) is 10.6 Å². The highest BCUT2D eigenvalue weighted by Gasteiger charge is 2.47. The Balaban J connectivity index is 2.26. The van der Waals surface area contributed by atoms with Crippen molar-refractivity contribution >= 4 is 29.4 Å². The van der Waals surface area contributed by atoms with Gasteiger partial charge in [-0.15, -0.1) is 23.5 Å². The van der Waals surface area contributed by atoms with Crippen LogP contribution < -0.4 is 0 Å². The summed E-state index contributed by atoms with van der Waals surface area (Å²) in [6.45, 7) is 4.08. The third kappa shape index (κ3) is 1.22. The van der Waals surface area contributed by atoms with Crippen molar-refractivity contribution in [1.29, 1.82) is 0 Å². The number of allylic oxidation sites excluding steroid dienone is 1. The number of hydrogen-bond donors (Lipinski definition) is 0. The first-order valence-electron chi connectivity index (χ1n) is 4.35. The van der Waals surface area contributed by atoms with Crippen molar-refractivity contribution in [3.63, 3.8) is 0 Å². The number of rotatable bonds is 1. The molecule has 2 aliphatic heterocycles. The number of β-lactam (4-membered cyclic amide) rings is 1. The fourth-order valence-corrected chi connectivity index (χ4v) is 4.21. The van der Waals surface area contributed by atoms with Crippen LogP contribution in [0.15, 0.2) is 10.6 Å². The molecule has 0 aliphatic carbocycles. The molecule has 72 valence electrons. The SMILES string of the molecule is CSC1=C(C)N2C(=O)C(C)C2SC1. The van der Waals surface area contributed by atoms with Crippen molar-refractivity contribution in [1.82, 2.24) is 4.90 Å². The van der Waals surface area contributed by atoms with E-state index in [0.717, 1.165) is 5.75 Å². The molecule has 2 nitrogen and oxygen atoms in total. The molecule has 0 saturated carbocycles. The van der Waals surface area contributed by atoms with E-state index in [1.54, 1.807) is 11.8 Å². The van der Waals surface area contributed by atoms with E-state index in [-0.39, 0.29) is 5.92 Å². The largest absolute Gasteiger partial charge is 0.302 e. The molecule has 4 heteroatoms. The van der Waals surface area contributed by atoms with Gasteiger partial charge < -0.3 is 4.90 Å². The normalized spacial score (nSPS) is 33.2. The summed E-state index contributed by atoms with van der Waals surface area (Å²) in [6, 6.07) is 0. The monoisotopic (exact) mass is 215 g/mol. The molecule has 1 fully saturated rings. The molecule has 0 spiro atoms. The zero-order valence-electron chi connectivity index (χ0n) is 8.03. The number of hydrogen-bond acceptors (Lipinski definition) is 3. The number of carbonyl (C=O) groups is 1. The maximum Gasteiger partial charge on any atom is 0.233 e. The predicted molar refractivity (Wildman–Crippen MR) is 58.5 cm³/mol. The van der Waals surface area contributed by atoms with Crippen molar-refractivity contribution < 1.29 is 4.79 Å². The number of amides is 1. The summed E-state index contributed by atoms with van der Waals surface area (Å²) < 4.78 is 0. The third-order valence-electron chi connectivity index (χ3n) is 2.71. The average Bonchev–Trinajstić information content (AvgIpc) is 2.16. The van der Waals surface area contributed by atoms with Gasteiger partial charge in [0.1, 0.15) is 0 Å². The van der Waals surface area contributed by atoms with E-state index >= 15 is 0 Å². The molecule has 2 aliphatic rings. The highest BCUT2D eigenvalue weighted by atomic mass is 32.2. The van der Waals surface area contributed by atoms with E-state index in [4.69, 9.17) is 0 Å². The minimum absolute atomic E-state index is 0.225.